The number of alkyl halides is 1. The predicted molar refractivity (Wildman–Crippen MR) is 95.5 cm³/mol. The number of benzene rings is 1. The zero-order valence-corrected chi connectivity index (χ0v) is 15.9. The molecule has 1 saturated heterocycles. The van der Waals surface area contributed by atoms with Gasteiger partial charge < -0.3 is 10.1 Å². The summed E-state index contributed by atoms with van der Waals surface area (Å²) in [6.45, 7) is 1.31. The van der Waals surface area contributed by atoms with Gasteiger partial charge in [-0.2, -0.15) is 4.31 Å². The molecule has 1 aromatic carbocycles. The Morgan fingerprint density at radius 1 is 1.31 bits per heavy atom. The van der Waals surface area contributed by atoms with Crippen LogP contribution < -0.4 is 10.1 Å². The van der Waals surface area contributed by atoms with Crippen molar-refractivity contribution >= 4 is 15.9 Å². The van der Waals surface area contributed by atoms with Gasteiger partial charge in [-0.15, -0.1) is 0 Å². The maximum Gasteiger partial charge on any atom is 0.243 e. The van der Waals surface area contributed by atoms with Gasteiger partial charge in [-0.1, -0.05) is 0 Å². The van der Waals surface area contributed by atoms with Gasteiger partial charge in [-0.3, -0.25) is 4.79 Å². The number of methoxy groups -OCH3 is 1. The SMILES string of the molecule is COc1ccc(S(=O)(=O)N2C[C@@H](F)C[C@H]2CNC(C)=O)c2c1CCCC2. The van der Waals surface area contributed by atoms with E-state index in [9.17, 15) is 17.6 Å². The van der Waals surface area contributed by atoms with Gasteiger partial charge in [0.25, 0.3) is 0 Å². The number of nitrogens with zero attached hydrogens (tertiary/aromatic N) is 1. The van der Waals surface area contributed by atoms with Crippen LogP contribution in [0.3, 0.4) is 0 Å². The smallest absolute Gasteiger partial charge is 0.243 e. The minimum Gasteiger partial charge on any atom is -0.496 e. The molecule has 2 aliphatic rings. The second-order valence-corrected chi connectivity index (χ2v) is 8.79. The number of fused-ring (bicyclic) bond motifs is 1. The summed E-state index contributed by atoms with van der Waals surface area (Å²) in [6, 6.07) is 2.68. The Balaban J connectivity index is 1.98. The van der Waals surface area contributed by atoms with Crippen molar-refractivity contribution in [3.05, 3.63) is 23.3 Å². The van der Waals surface area contributed by atoms with Crippen LogP contribution in [-0.4, -0.2) is 51.0 Å². The van der Waals surface area contributed by atoms with Crippen LogP contribution in [0.2, 0.25) is 0 Å². The molecule has 0 aromatic heterocycles. The van der Waals surface area contributed by atoms with Gasteiger partial charge in [-0.05, 0) is 55.4 Å². The fraction of sp³-hybridized carbons (Fsp3) is 0.611. The van der Waals surface area contributed by atoms with Gasteiger partial charge in [0.2, 0.25) is 15.9 Å². The van der Waals surface area contributed by atoms with E-state index in [0.29, 0.717) is 12.2 Å². The molecule has 8 heteroatoms. The molecule has 0 radical (unpaired) electrons. The van der Waals surface area contributed by atoms with Crippen molar-refractivity contribution in [3.8, 4) is 5.75 Å². The molecule has 2 atom stereocenters. The number of nitrogens with one attached hydrogen (secondary N) is 1. The first-order valence-electron chi connectivity index (χ1n) is 8.93. The highest BCUT2D eigenvalue weighted by Gasteiger charge is 2.41. The molecule has 0 spiro atoms. The van der Waals surface area contributed by atoms with Crippen LogP contribution in [-0.2, 0) is 27.7 Å². The third-order valence-electron chi connectivity index (χ3n) is 5.16. The molecule has 6 nitrogen and oxygen atoms in total. The van der Waals surface area contributed by atoms with E-state index >= 15 is 0 Å². The summed E-state index contributed by atoms with van der Waals surface area (Å²) in [6.07, 6.45) is 2.24. The van der Waals surface area contributed by atoms with Crippen LogP contribution in [0.5, 0.6) is 5.75 Å². The van der Waals surface area contributed by atoms with E-state index in [0.717, 1.165) is 30.4 Å². The first kappa shape index (κ1) is 19.1. The Bertz CT molecular complexity index is 797. The quantitative estimate of drug-likeness (QED) is 0.840. The molecule has 0 unspecified atom stereocenters. The van der Waals surface area contributed by atoms with E-state index in [4.69, 9.17) is 4.74 Å². The van der Waals surface area contributed by atoms with Crippen LogP contribution in [0.4, 0.5) is 4.39 Å². The number of rotatable bonds is 5. The van der Waals surface area contributed by atoms with Crippen molar-refractivity contribution in [1.82, 2.24) is 9.62 Å². The fourth-order valence-corrected chi connectivity index (χ4v) is 5.87. The Hall–Kier alpha value is -1.67. The van der Waals surface area contributed by atoms with Crippen LogP contribution >= 0.6 is 0 Å². The molecule has 144 valence electrons. The largest absolute Gasteiger partial charge is 0.496 e. The van der Waals surface area contributed by atoms with Crippen molar-refractivity contribution in [2.24, 2.45) is 0 Å². The van der Waals surface area contributed by atoms with Crippen molar-refractivity contribution in [3.63, 3.8) is 0 Å². The van der Waals surface area contributed by atoms with Gasteiger partial charge in [0.15, 0.2) is 0 Å². The third kappa shape index (κ3) is 3.57. The van der Waals surface area contributed by atoms with E-state index in [1.807, 2.05) is 0 Å². The maximum atomic E-state index is 14.0. The highest BCUT2D eigenvalue weighted by atomic mass is 32.2. The first-order valence-corrected chi connectivity index (χ1v) is 10.4. The van der Waals surface area contributed by atoms with Gasteiger partial charge in [0, 0.05) is 26.1 Å². The van der Waals surface area contributed by atoms with Crippen LogP contribution in [0.1, 0.15) is 37.3 Å². The van der Waals surface area contributed by atoms with Crippen LogP contribution in [0.15, 0.2) is 17.0 Å². The Morgan fingerprint density at radius 3 is 2.65 bits per heavy atom. The predicted octanol–water partition coefficient (Wildman–Crippen LogP) is 1.81. The Kier molecular flexibility index (Phi) is 5.53. The van der Waals surface area contributed by atoms with Gasteiger partial charge in [0.05, 0.1) is 12.0 Å². The van der Waals surface area contributed by atoms with E-state index < -0.39 is 22.2 Å². The van der Waals surface area contributed by atoms with Crippen LogP contribution in [0.25, 0.3) is 0 Å². The first-order chi connectivity index (χ1) is 12.3. The summed E-state index contributed by atoms with van der Waals surface area (Å²) in [7, 11) is -2.27. The zero-order valence-electron chi connectivity index (χ0n) is 15.1. The number of halogens is 1. The highest BCUT2D eigenvalue weighted by molar-refractivity contribution is 7.89. The molecular weight excluding hydrogens is 359 g/mol. The zero-order chi connectivity index (χ0) is 18.9. The van der Waals surface area contributed by atoms with Gasteiger partial charge in [0.1, 0.15) is 11.9 Å². The molecule has 1 N–H and O–H groups in total. The standard InChI is InChI=1S/C18H25FN2O4S/c1-12(22)20-10-14-9-13(19)11-21(14)26(23,24)18-8-7-17(25-2)15-5-3-4-6-16(15)18/h7-8,13-14H,3-6,9-11H2,1-2H3,(H,20,22)/t13-,14-/m0/s1. The van der Waals surface area contributed by atoms with Crippen molar-refractivity contribution in [2.45, 2.75) is 56.1 Å². The number of hydrogen-bond donors (Lipinski definition) is 1. The normalized spacial score (nSPS) is 23.5. The number of carbonyl (C=O) groups excluding carboxylic acids is 1. The summed E-state index contributed by atoms with van der Waals surface area (Å²) in [5.41, 5.74) is 1.73. The number of carbonyl (C=O) groups is 1. The molecule has 0 bridgehead atoms. The Labute approximate surface area is 153 Å². The minimum absolute atomic E-state index is 0.0951. The average Bonchev–Trinajstić information content (AvgIpc) is 3.00. The molecule has 1 aliphatic carbocycles. The number of amides is 1. The summed E-state index contributed by atoms with van der Waals surface area (Å²) >= 11 is 0. The topological polar surface area (TPSA) is 75.7 Å². The molecule has 26 heavy (non-hydrogen) atoms. The fourth-order valence-electron chi connectivity index (χ4n) is 3.93. The third-order valence-corrected chi connectivity index (χ3v) is 7.16. The number of sulfonamides is 1. The molecule has 0 saturated carbocycles. The number of hydrogen-bond acceptors (Lipinski definition) is 4. The van der Waals surface area contributed by atoms with Crippen LogP contribution in [0, 0.1) is 0 Å². The summed E-state index contributed by atoms with van der Waals surface area (Å²) < 4.78 is 47.2. The maximum absolute atomic E-state index is 14.0. The summed E-state index contributed by atoms with van der Waals surface area (Å²) in [4.78, 5) is 11.4. The molecule has 3 rings (SSSR count). The van der Waals surface area contributed by atoms with Gasteiger partial charge >= 0.3 is 0 Å². The number of ether oxygens (including phenoxy) is 1. The average molecular weight is 384 g/mol. The van der Waals surface area contributed by atoms with Crippen molar-refractivity contribution in [2.75, 3.05) is 20.2 Å². The van der Waals surface area contributed by atoms with E-state index in [1.165, 1.54) is 11.2 Å². The second-order valence-electron chi connectivity index (χ2n) is 6.93. The van der Waals surface area contributed by atoms with E-state index in [-0.39, 0.29) is 30.3 Å². The monoisotopic (exact) mass is 384 g/mol. The lowest BCUT2D eigenvalue weighted by atomic mass is 9.91. The Morgan fingerprint density at radius 2 is 2.00 bits per heavy atom. The van der Waals surface area contributed by atoms with Crippen molar-refractivity contribution < 1.29 is 22.3 Å². The molecule has 1 aliphatic heterocycles. The second kappa shape index (κ2) is 7.52. The lowest BCUT2D eigenvalue weighted by Crippen LogP contribution is -2.43. The molecule has 1 aromatic rings. The lowest BCUT2D eigenvalue weighted by molar-refractivity contribution is -0.119. The van der Waals surface area contributed by atoms with Crippen molar-refractivity contribution in [1.29, 1.82) is 0 Å². The minimum atomic E-state index is -3.85. The summed E-state index contributed by atoms with van der Waals surface area (Å²) in [5, 5.41) is 2.61. The molecule has 1 fully saturated rings. The van der Waals surface area contributed by atoms with E-state index in [1.54, 1.807) is 19.2 Å². The highest BCUT2D eigenvalue weighted by Crippen LogP contribution is 2.37. The molecular formula is C18H25FN2O4S. The summed E-state index contributed by atoms with van der Waals surface area (Å²) in [5.74, 6) is 0.449. The molecule has 1 amide bonds. The van der Waals surface area contributed by atoms with E-state index in [2.05, 4.69) is 5.32 Å². The molecule has 1 heterocycles. The lowest BCUT2D eigenvalue weighted by Gasteiger charge is -2.27. The van der Waals surface area contributed by atoms with Gasteiger partial charge in [-0.25, -0.2) is 12.8 Å².